The number of anilines is 1. The van der Waals surface area contributed by atoms with E-state index in [0.29, 0.717) is 18.3 Å². The highest BCUT2D eigenvalue weighted by Crippen LogP contribution is 2.24. The third-order valence-corrected chi connectivity index (χ3v) is 4.04. The number of nitrogens with one attached hydrogen (secondary N) is 1. The highest BCUT2D eigenvalue weighted by Gasteiger charge is 2.09. The molecule has 0 bridgehead atoms. The molecule has 0 fully saturated rings. The van der Waals surface area contributed by atoms with Crippen LogP contribution >= 0.6 is 0 Å². The minimum atomic E-state index is 0.421. The van der Waals surface area contributed by atoms with Crippen LogP contribution in [0.4, 0.5) is 5.82 Å². The Bertz CT molecular complexity index is 1130. The van der Waals surface area contributed by atoms with E-state index in [1.54, 1.807) is 6.21 Å². The molecule has 0 aliphatic carbocycles. The zero-order valence-corrected chi connectivity index (χ0v) is 15.9. The first-order valence-corrected chi connectivity index (χ1v) is 9.33. The number of nitrogens with zero attached hydrogens (tertiary/aromatic N) is 3. The van der Waals surface area contributed by atoms with Crippen LogP contribution in [0.1, 0.15) is 12.5 Å². The molecule has 0 amide bonds. The SMILES string of the molecule is CCOc1nc2ccccc2nc1NN=Cc1cccc(Oc2ccccc2)c1. The monoisotopic (exact) mass is 384 g/mol. The third kappa shape index (κ3) is 4.68. The van der Waals surface area contributed by atoms with Crippen LogP contribution in [0.25, 0.3) is 11.0 Å². The van der Waals surface area contributed by atoms with Crippen LogP contribution in [0.3, 0.4) is 0 Å². The molecule has 6 heteroatoms. The van der Waals surface area contributed by atoms with Gasteiger partial charge in [-0.05, 0) is 48.9 Å². The molecule has 0 aliphatic rings. The minimum absolute atomic E-state index is 0.421. The topological polar surface area (TPSA) is 68.6 Å². The summed E-state index contributed by atoms with van der Waals surface area (Å²) in [6.45, 7) is 2.40. The maximum Gasteiger partial charge on any atom is 0.259 e. The number of fused-ring (bicyclic) bond motifs is 1. The third-order valence-electron chi connectivity index (χ3n) is 4.04. The summed E-state index contributed by atoms with van der Waals surface area (Å²) < 4.78 is 11.5. The molecule has 0 radical (unpaired) electrons. The Morgan fingerprint density at radius 1 is 0.862 bits per heavy atom. The van der Waals surface area contributed by atoms with Gasteiger partial charge in [0.25, 0.3) is 5.88 Å². The molecule has 0 spiro atoms. The van der Waals surface area contributed by atoms with Gasteiger partial charge in [0.1, 0.15) is 11.5 Å². The van der Waals surface area contributed by atoms with E-state index in [9.17, 15) is 0 Å². The van der Waals surface area contributed by atoms with E-state index in [4.69, 9.17) is 9.47 Å². The lowest BCUT2D eigenvalue weighted by molar-refractivity contribution is 0.328. The molecule has 3 aromatic carbocycles. The largest absolute Gasteiger partial charge is 0.475 e. The lowest BCUT2D eigenvalue weighted by Crippen LogP contribution is -2.03. The molecule has 4 aromatic rings. The van der Waals surface area contributed by atoms with Gasteiger partial charge in [-0.3, -0.25) is 5.43 Å². The van der Waals surface area contributed by atoms with Crippen LogP contribution in [0.5, 0.6) is 17.4 Å². The van der Waals surface area contributed by atoms with Crippen molar-refractivity contribution in [2.24, 2.45) is 5.10 Å². The molecule has 29 heavy (non-hydrogen) atoms. The molecule has 144 valence electrons. The zero-order chi connectivity index (χ0) is 19.9. The molecular weight excluding hydrogens is 364 g/mol. The van der Waals surface area contributed by atoms with Crippen molar-refractivity contribution < 1.29 is 9.47 Å². The van der Waals surface area contributed by atoms with E-state index in [-0.39, 0.29) is 0 Å². The predicted molar refractivity (Wildman–Crippen MR) is 115 cm³/mol. The summed E-state index contributed by atoms with van der Waals surface area (Å²) in [5.74, 6) is 2.41. The van der Waals surface area contributed by atoms with Crippen molar-refractivity contribution in [3.05, 3.63) is 84.4 Å². The number of ether oxygens (including phenoxy) is 2. The first-order valence-electron chi connectivity index (χ1n) is 9.33. The first-order chi connectivity index (χ1) is 14.3. The predicted octanol–water partition coefficient (Wildman–Crippen LogP) is 5.27. The Labute approximate surface area is 168 Å². The quantitative estimate of drug-likeness (QED) is 0.347. The minimum Gasteiger partial charge on any atom is -0.475 e. The molecule has 1 heterocycles. The van der Waals surface area contributed by atoms with Crippen molar-refractivity contribution in [2.45, 2.75) is 6.92 Å². The summed E-state index contributed by atoms with van der Waals surface area (Å²) in [5, 5.41) is 4.30. The summed E-state index contributed by atoms with van der Waals surface area (Å²) in [7, 11) is 0. The summed E-state index contributed by atoms with van der Waals surface area (Å²) in [5.41, 5.74) is 5.37. The van der Waals surface area contributed by atoms with Crippen LogP contribution in [0.15, 0.2) is 84.0 Å². The van der Waals surface area contributed by atoms with E-state index >= 15 is 0 Å². The molecule has 1 N–H and O–H groups in total. The van der Waals surface area contributed by atoms with E-state index in [1.807, 2.05) is 85.8 Å². The summed E-state index contributed by atoms with van der Waals surface area (Å²) in [6.07, 6.45) is 1.70. The van der Waals surface area contributed by atoms with Crippen LogP contribution in [-0.2, 0) is 0 Å². The molecule has 0 atom stereocenters. The molecule has 0 aliphatic heterocycles. The Kier molecular flexibility index (Phi) is 5.62. The smallest absolute Gasteiger partial charge is 0.259 e. The number of rotatable bonds is 7. The van der Waals surface area contributed by atoms with Gasteiger partial charge in [0, 0.05) is 0 Å². The van der Waals surface area contributed by atoms with Crippen LogP contribution in [0.2, 0.25) is 0 Å². The van der Waals surface area contributed by atoms with Gasteiger partial charge < -0.3 is 9.47 Å². The van der Waals surface area contributed by atoms with Gasteiger partial charge in [-0.25, -0.2) is 9.97 Å². The van der Waals surface area contributed by atoms with Gasteiger partial charge >= 0.3 is 0 Å². The lowest BCUT2D eigenvalue weighted by Gasteiger charge is -2.09. The summed E-state index contributed by atoms with van der Waals surface area (Å²) in [6, 6.07) is 25.0. The summed E-state index contributed by atoms with van der Waals surface area (Å²) in [4.78, 5) is 9.07. The van der Waals surface area contributed by atoms with Crippen molar-refractivity contribution in [1.82, 2.24) is 9.97 Å². The number of para-hydroxylation sites is 3. The second-order valence-corrected chi connectivity index (χ2v) is 6.16. The maximum absolute atomic E-state index is 5.86. The van der Waals surface area contributed by atoms with Crippen molar-refractivity contribution in [3.63, 3.8) is 0 Å². The van der Waals surface area contributed by atoms with Gasteiger partial charge in [0.05, 0.1) is 23.9 Å². The molecule has 6 nitrogen and oxygen atoms in total. The Balaban J connectivity index is 1.51. The average Bonchev–Trinajstić information content (AvgIpc) is 2.75. The van der Waals surface area contributed by atoms with Crippen LogP contribution in [0, 0.1) is 0 Å². The van der Waals surface area contributed by atoms with Crippen molar-refractivity contribution in [1.29, 1.82) is 0 Å². The molecule has 4 rings (SSSR count). The van der Waals surface area contributed by atoms with Crippen LogP contribution in [-0.4, -0.2) is 22.8 Å². The number of hydrogen-bond donors (Lipinski definition) is 1. The van der Waals surface area contributed by atoms with E-state index in [0.717, 1.165) is 28.1 Å². The Hall–Kier alpha value is -3.93. The standard InChI is InChI=1S/C23H20N4O2/c1-2-28-23-22(25-20-13-6-7-14-21(20)26-23)27-24-16-17-9-8-12-19(15-17)29-18-10-4-3-5-11-18/h3-16H,2H2,1H3,(H,25,27). The Morgan fingerprint density at radius 3 is 2.38 bits per heavy atom. The van der Waals surface area contributed by atoms with Crippen molar-refractivity contribution >= 4 is 23.1 Å². The number of aromatic nitrogens is 2. The normalized spacial score (nSPS) is 10.9. The van der Waals surface area contributed by atoms with Gasteiger partial charge in [0.15, 0.2) is 0 Å². The fourth-order valence-corrected chi connectivity index (χ4v) is 2.74. The Morgan fingerprint density at radius 2 is 1.59 bits per heavy atom. The molecular formula is C23H20N4O2. The second-order valence-electron chi connectivity index (χ2n) is 6.16. The second kappa shape index (κ2) is 8.84. The zero-order valence-electron chi connectivity index (χ0n) is 15.9. The van der Waals surface area contributed by atoms with Crippen molar-refractivity contribution in [2.75, 3.05) is 12.0 Å². The van der Waals surface area contributed by atoms with Crippen molar-refractivity contribution in [3.8, 4) is 17.4 Å². The first kappa shape index (κ1) is 18.4. The fraction of sp³-hybridized carbons (Fsp3) is 0.0870. The van der Waals surface area contributed by atoms with E-state index < -0.39 is 0 Å². The number of hydrazone groups is 1. The molecule has 1 aromatic heterocycles. The molecule has 0 unspecified atom stereocenters. The van der Waals surface area contributed by atoms with Gasteiger partial charge in [-0.1, -0.05) is 42.5 Å². The van der Waals surface area contributed by atoms with Gasteiger partial charge in [-0.15, -0.1) is 0 Å². The van der Waals surface area contributed by atoms with E-state index in [2.05, 4.69) is 20.5 Å². The summed E-state index contributed by atoms with van der Waals surface area (Å²) >= 11 is 0. The fourth-order valence-electron chi connectivity index (χ4n) is 2.74. The van der Waals surface area contributed by atoms with Gasteiger partial charge in [0.2, 0.25) is 5.82 Å². The molecule has 0 saturated carbocycles. The molecule has 0 saturated heterocycles. The van der Waals surface area contributed by atoms with E-state index in [1.165, 1.54) is 0 Å². The highest BCUT2D eigenvalue weighted by atomic mass is 16.5. The van der Waals surface area contributed by atoms with Gasteiger partial charge in [-0.2, -0.15) is 5.10 Å². The number of hydrogen-bond acceptors (Lipinski definition) is 6. The number of benzene rings is 3. The highest BCUT2D eigenvalue weighted by molar-refractivity contribution is 5.81. The maximum atomic E-state index is 5.86. The average molecular weight is 384 g/mol. The lowest BCUT2D eigenvalue weighted by atomic mass is 10.2. The van der Waals surface area contributed by atoms with Crippen LogP contribution < -0.4 is 14.9 Å².